The first-order valence-corrected chi connectivity index (χ1v) is 5.76. The smallest absolute Gasteiger partial charge is 0.265 e. The molecule has 1 N–H and O–H groups in total. The zero-order valence-corrected chi connectivity index (χ0v) is 9.28. The van der Waals surface area contributed by atoms with Gasteiger partial charge in [0.15, 0.2) is 5.58 Å². The lowest BCUT2D eigenvalue weighted by Crippen LogP contribution is -2.37. The van der Waals surface area contributed by atoms with Crippen LogP contribution in [0, 0.1) is 5.82 Å². The average molecular weight is 236 g/mol. The van der Waals surface area contributed by atoms with Gasteiger partial charge in [0, 0.05) is 6.54 Å². The molecule has 5 heteroatoms. The number of fused-ring (bicyclic) bond motifs is 1. The normalized spacial score (nSPS) is 20.6. The minimum atomic E-state index is -0.359. The summed E-state index contributed by atoms with van der Waals surface area (Å²) in [6.45, 7) is 1.77. The molecule has 2 heterocycles. The Kier molecular flexibility index (Phi) is 2.68. The van der Waals surface area contributed by atoms with Crippen molar-refractivity contribution >= 4 is 11.0 Å². The number of hydrogen-bond acceptors (Lipinski definition) is 4. The molecule has 0 aliphatic carbocycles. The van der Waals surface area contributed by atoms with Gasteiger partial charge >= 0.3 is 0 Å². The van der Waals surface area contributed by atoms with Gasteiger partial charge in [-0.2, -0.15) is 0 Å². The molecule has 17 heavy (non-hydrogen) atoms. The van der Waals surface area contributed by atoms with E-state index in [-0.39, 0.29) is 17.8 Å². The fraction of sp³-hybridized carbons (Fsp3) is 0.417. The van der Waals surface area contributed by atoms with Crippen LogP contribution in [0.1, 0.15) is 12.8 Å². The summed E-state index contributed by atoms with van der Waals surface area (Å²) in [4.78, 5) is 0. The van der Waals surface area contributed by atoms with Gasteiger partial charge < -0.3 is 14.6 Å². The molecular weight excluding hydrogens is 223 g/mol. The number of rotatable bonds is 2. The predicted molar refractivity (Wildman–Crippen MR) is 60.5 cm³/mol. The average Bonchev–Trinajstić information content (AvgIpc) is 2.75. The molecule has 1 atom stereocenters. The summed E-state index contributed by atoms with van der Waals surface area (Å²) < 4.78 is 24.4. The molecule has 1 aromatic carbocycles. The lowest BCUT2D eigenvalue weighted by atomic mass is 10.1. The first kappa shape index (κ1) is 10.5. The highest BCUT2D eigenvalue weighted by molar-refractivity contribution is 5.82. The van der Waals surface area contributed by atoms with Crippen molar-refractivity contribution in [2.75, 3.05) is 13.1 Å². The van der Waals surface area contributed by atoms with Crippen molar-refractivity contribution in [1.82, 2.24) is 10.5 Å². The maximum absolute atomic E-state index is 13.6. The first-order valence-electron chi connectivity index (χ1n) is 5.76. The fourth-order valence-corrected chi connectivity index (χ4v) is 2.08. The van der Waals surface area contributed by atoms with E-state index in [1.54, 1.807) is 12.1 Å². The van der Waals surface area contributed by atoms with Gasteiger partial charge in [-0.1, -0.05) is 6.07 Å². The molecule has 1 unspecified atom stereocenters. The highest BCUT2D eigenvalue weighted by atomic mass is 19.1. The summed E-state index contributed by atoms with van der Waals surface area (Å²) in [5, 5.41) is 7.35. The zero-order valence-electron chi connectivity index (χ0n) is 9.28. The summed E-state index contributed by atoms with van der Waals surface area (Å²) >= 11 is 0. The topological polar surface area (TPSA) is 47.3 Å². The van der Waals surface area contributed by atoms with Crippen molar-refractivity contribution in [1.29, 1.82) is 0 Å². The third kappa shape index (κ3) is 1.98. The first-order chi connectivity index (χ1) is 8.34. The maximum atomic E-state index is 13.6. The Hall–Kier alpha value is -1.62. The Labute approximate surface area is 97.7 Å². The van der Waals surface area contributed by atoms with Crippen LogP contribution in [0.3, 0.4) is 0 Å². The van der Waals surface area contributed by atoms with E-state index in [0.717, 1.165) is 25.9 Å². The van der Waals surface area contributed by atoms with Crippen molar-refractivity contribution in [3.05, 3.63) is 24.0 Å². The van der Waals surface area contributed by atoms with Crippen LogP contribution >= 0.6 is 0 Å². The van der Waals surface area contributed by atoms with E-state index in [1.807, 2.05) is 0 Å². The number of ether oxygens (including phenoxy) is 1. The number of benzene rings is 1. The molecule has 2 aromatic rings. The Balaban J connectivity index is 1.89. The van der Waals surface area contributed by atoms with Crippen molar-refractivity contribution in [2.45, 2.75) is 18.9 Å². The van der Waals surface area contributed by atoms with Crippen molar-refractivity contribution in [3.8, 4) is 5.88 Å². The Morgan fingerprint density at radius 3 is 3.24 bits per heavy atom. The fourth-order valence-electron chi connectivity index (χ4n) is 2.08. The molecule has 3 rings (SSSR count). The molecule has 0 amide bonds. The predicted octanol–water partition coefficient (Wildman–Crippen LogP) is 2.10. The minimum Gasteiger partial charge on any atom is -0.470 e. The molecule has 0 radical (unpaired) electrons. The van der Waals surface area contributed by atoms with E-state index >= 15 is 0 Å². The highest BCUT2D eigenvalue weighted by Crippen LogP contribution is 2.28. The molecule has 1 saturated heterocycles. The van der Waals surface area contributed by atoms with Crippen molar-refractivity contribution < 1.29 is 13.7 Å². The lowest BCUT2D eigenvalue weighted by molar-refractivity contribution is 0.155. The van der Waals surface area contributed by atoms with E-state index in [1.165, 1.54) is 6.07 Å². The molecule has 0 spiro atoms. The molecule has 0 bridgehead atoms. The molecule has 1 aliphatic heterocycles. The number of aromatic nitrogens is 1. The van der Waals surface area contributed by atoms with Gasteiger partial charge in [0.1, 0.15) is 17.3 Å². The number of nitrogens with zero attached hydrogens (tertiary/aromatic N) is 1. The Morgan fingerprint density at radius 1 is 1.47 bits per heavy atom. The standard InChI is InChI=1S/C12H13FN2O2/c13-9-4-1-5-10-11(9)12(15-17-10)16-8-3-2-6-14-7-8/h1,4-5,8,14H,2-3,6-7H2. The van der Waals surface area contributed by atoms with Crippen LogP contribution in [-0.4, -0.2) is 24.4 Å². The van der Waals surface area contributed by atoms with Crippen LogP contribution in [0.25, 0.3) is 11.0 Å². The van der Waals surface area contributed by atoms with Crippen LogP contribution < -0.4 is 10.1 Å². The van der Waals surface area contributed by atoms with Gasteiger partial charge in [-0.3, -0.25) is 0 Å². The molecule has 4 nitrogen and oxygen atoms in total. The molecule has 0 saturated carbocycles. The van der Waals surface area contributed by atoms with Crippen LogP contribution in [0.15, 0.2) is 22.7 Å². The SMILES string of the molecule is Fc1cccc2onc(OC3CCCNC3)c12. The number of halogens is 1. The monoisotopic (exact) mass is 236 g/mol. The second kappa shape index (κ2) is 4.33. The van der Waals surface area contributed by atoms with Crippen LogP contribution in [0.2, 0.25) is 0 Å². The van der Waals surface area contributed by atoms with Gasteiger partial charge in [-0.15, -0.1) is 0 Å². The minimum absolute atomic E-state index is 0.0386. The van der Waals surface area contributed by atoms with E-state index < -0.39 is 0 Å². The van der Waals surface area contributed by atoms with Gasteiger partial charge in [0.2, 0.25) is 0 Å². The van der Waals surface area contributed by atoms with Crippen molar-refractivity contribution in [2.24, 2.45) is 0 Å². The summed E-state index contributed by atoms with van der Waals surface area (Å²) in [6, 6.07) is 4.65. The highest BCUT2D eigenvalue weighted by Gasteiger charge is 2.20. The molecule has 1 aromatic heterocycles. The van der Waals surface area contributed by atoms with E-state index in [0.29, 0.717) is 11.0 Å². The molecule has 1 aliphatic rings. The zero-order chi connectivity index (χ0) is 11.7. The second-order valence-electron chi connectivity index (χ2n) is 4.19. The number of nitrogens with one attached hydrogen (secondary N) is 1. The van der Waals surface area contributed by atoms with Crippen LogP contribution in [0.4, 0.5) is 4.39 Å². The Morgan fingerprint density at radius 2 is 2.41 bits per heavy atom. The largest absolute Gasteiger partial charge is 0.470 e. The Bertz CT molecular complexity index is 520. The third-order valence-electron chi connectivity index (χ3n) is 2.95. The van der Waals surface area contributed by atoms with E-state index in [9.17, 15) is 4.39 Å². The quantitative estimate of drug-likeness (QED) is 0.867. The summed E-state index contributed by atoms with van der Waals surface area (Å²) in [6.07, 6.45) is 2.05. The summed E-state index contributed by atoms with van der Waals surface area (Å²) in [5.41, 5.74) is 0.420. The van der Waals surface area contributed by atoms with Crippen LogP contribution in [0.5, 0.6) is 5.88 Å². The van der Waals surface area contributed by atoms with Crippen molar-refractivity contribution in [3.63, 3.8) is 0 Å². The molecule has 90 valence electrons. The number of piperidine rings is 1. The summed E-state index contributed by atoms with van der Waals surface area (Å²) in [7, 11) is 0. The van der Waals surface area contributed by atoms with E-state index in [4.69, 9.17) is 9.26 Å². The third-order valence-corrected chi connectivity index (χ3v) is 2.95. The summed E-state index contributed by atoms with van der Waals surface area (Å²) in [5.74, 6) is -0.102. The van der Waals surface area contributed by atoms with E-state index in [2.05, 4.69) is 10.5 Å². The maximum Gasteiger partial charge on any atom is 0.265 e. The molecular formula is C12H13FN2O2. The van der Waals surface area contributed by atoms with Crippen LogP contribution in [-0.2, 0) is 0 Å². The van der Waals surface area contributed by atoms with Gasteiger partial charge in [0.05, 0.1) is 0 Å². The molecule has 1 fully saturated rings. The number of hydrogen-bond donors (Lipinski definition) is 1. The van der Waals surface area contributed by atoms with Gasteiger partial charge in [-0.05, 0) is 36.7 Å². The van der Waals surface area contributed by atoms with Gasteiger partial charge in [0.25, 0.3) is 5.88 Å². The van der Waals surface area contributed by atoms with Gasteiger partial charge in [-0.25, -0.2) is 4.39 Å². The second-order valence-corrected chi connectivity index (χ2v) is 4.19. The lowest BCUT2D eigenvalue weighted by Gasteiger charge is -2.22.